The molecule has 1 spiro atoms. The predicted molar refractivity (Wildman–Crippen MR) is 80.1 cm³/mol. The molecule has 3 rings (SSSR count). The molecule has 0 atom stereocenters. The van der Waals surface area contributed by atoms with Gasteiger partial charge in [0.05, 0.1) is 13.2 Å². The van der Waals surface area contributed by atoms with E-state index in [4.69, 9.17) is 15.2 Å². The molecule has 2 saturated heterocycles. The molecule has 2 fully saturated rings. The van der Waals surface area contributed by atoms with E-state index >= 15 is 0 Å². The third-order valence-corrected chi connectivity index (χ3v) is 4.47. The minimum atomic E-state index is -0.446. The van der Waals surface area contributed by atoms with Gasteiger partial charge >= 0.3 is 0 Å². The van der Waals surface area contributed by atoms with Crippen LogP contribution in [0.5, 0.6) is 0 Å². The van der Waals surface area contributed by atoms with Crippen molar-refractivity contribution in [1.82, 2.24) is 4.90 Å². The van der Waals surface area contributed by atoms with E-state index < -0.39 is 5.79 Å². The number of carbonyl (C=O) groups is 1. The van der Waals surface area contributed by atoms with Gasteiger partial charge in [0.25, 0.3) is 5.91 Å². The van der Waals surface area contributed by atoms with Crippen molar-refractivity contribution in [3.05, 3.63) is 28.8 Å². The molecule has 21 heavy (non-hydrogen) atoms. The summed E-state index contributed by atoms with van der Waals surface area (Å²) in [7, 11) is 0. The van der Waals surface area contributed by atoms with Gasteiger partial charge in [0.15, 0.2) is 5.79 Å². The molecule has 0 radical (unpaired) electrons. The quantitative estimate of drug-likeness (QED) is 0.802. The molecule has 2 N–H and O–H groups in total. The fourth-order valence-corrected chi connectivity index (χ4v) is 3.11. The maximum absolute atomic E-state index is 12.7. The minimum absolute atomic E-state index is 0.0482. The van der Waals surface area contributed by atoms with Crippen molar-refractivity contribution in [2.24, 2.45) is 0 Å². The second kappa shape index (κ2) is 5.31. The minimum Gasteiger partial charge on any atom is -0.398 e. The Morgan fingerprint density at radius 1 is 1.14 bits per heavy atom. The van der Waals surface area contributed by atoms with E-state index in [1.54, 1.807) is 6.07 Å². The van der Waals surface area contributed by atoms with Gasteiger partial charge in [0.2, 0.25) is 0 Å². The molecule has 2 aliphatic heterocycles. The molecule has 0 saturated carbocycles. The van der Waals surface area contributed by atoms with Gasteiger partial charge in [0, 0.05) is 37.2 Å². The molecule has 1 amide bonds. The molecular weight excluding hydrogens is 268 g/mol. The summed E-state index contributed by atoms with van der Waals surface area (Å²) in [6, 6.07) is 3.76. The highest BCUT2D eigenvalue weighted by Gasteiger charge is 2.40. The van der Waals surface area contributed by atoms with Crippen molar-refractivity contribution in [3.8, 4) is 0 Å². The Kier molecular flexibility index (Phi) is 3.63. The van der Waals surface area contributed by atoms with E-state index in [1.807, 2.05) is 24.8 Å². The number of nitrogens with two attached hydrogens (primary N) is 1. The van der Waals surface area contributed by atoms with Crippen LogP contribution >= 0.6 is 0 Å². The van der Waals surface area contributed by atoms with Crippen LogP contribution in [-0.2, 0) is 9.47 Å². The Morgan fingerprint density at radius 2 is 1.76 bits per heavy atom. The monoisotopic (exact) mass is 290 g/mol. The highest BCUT2D eigenvalue weighted by atomic mass is 16.7. The van der Waals surface area contributed by atoms with Crippen LogP contribution in [-0.4, -0.2) is 42.9 Å². The van der Waals surface area contributed by atoms with Crippen LogP contribution in [0.2, 0.25) is 0 Å². The Balaban J connectivity index is 1.73. The molecule has 0 unspecified atom stereocenters. The summed E-state index contributed by atoms with van der Waals surface area (Å²) in [5, 5.41) is 0. The Bertz CT molecular complexity index is 555. The number of nitrogen functional groups attached to an aromatic ring is 1. The highest BCUT2D eigenvalue weighted by Crippen LogP contribution is 2.32. The van der Waals surface area contributed by atoms with Crippen molar-refractivity contribution < 1.29 is 14.3 Å². The predicted octanol–water partition coefficient (Wildman–Crippen LogP) is 1.86. The van der Waals surface area contributed by atoms with Gasteiger partial charge in [0.1, 0.15) is 0 Å². The summed E-state index contributed by atoms with van der Waals surface area (Å²) >= 11 is 0. The SMILES string of the molecule is Cc1cc(C)c(C(=O)N2CCC3(CC2)OCCO3)cc1N. The van der Waals surface area contributed by atoms with Crippen LogP contribution in [0.3, 0.4) is 0 Å². The third-order valence-electron chi connectivity index (χ3n) is 4.47. The summed E-state index contributed by atoms with van der Waals surface area (Å²) in [4.78, 5) is 14.5. The standard InChI is InChI=1S/C16H22N2O3/c1-11-9-12(2)14(17)10-13(11)15(19)18-5-3-16(4-6-18)20-7-8-21-16/h9-10H,3-8,17H2,1-2H3. The molecule has 5 heteroatoms. The van der Waals surface area contributed by atoms with Crippen LogP contribution in [0.25, 0.3) is 0 Å². The van der Waals surface area contributed by atoms with Gasteiger partial charge < -0.3 is 20.1 Å². The lowest BCUT2D eigenvalue weighted by Gasteiger charge is -2.37. The number of piperidine rings is 1. The van der Waals surface area contributed by atoms with Crippen LogP contribution in [0, 0.1) is 13.8 Å². The van der Waals surface area contributed by atoms with Gasteiger partial charge in [-0.05, 0) is 31.0 Å². The average Bonchev–Trinajstić information content (AvgIpc) is 2.91. The van der Waals surface area contributed by atoms with E-state index in [0.717, 1.165) is 24.0 Å². The van der Waals surface area contributed by atoms with Crippen molar-refractivity contribution in [3.63, 3.8) is 0 Å². The zero-order valence-electron chi connectivity index (χ0n) is 12.6. The van der Waals surface area contributed by atoms with Crippen LogP contribution < -0.4 is 5.73 Å². The summed E-state index contributed by atoms with van der Waals surface area (Å²) in [6.07, 6.45) is 1.47. The number of hydrogen-bond donors (Lipinski definition) is 1. The number of amides is 1. The van der Waals surface area contributed by atoms with Crippen LogP contribution in [0.4, 0.5) is 5.69 Å². The fraction of sp³-hybridized carbons (Fsp3) is 0.562. The maximum Gasteiger partial charge on any atom is 0.254 e. The molecule has 0 aliphatic carbocycles. The number of aryl methyl sites for hydroxylation is 2. The lowest BCUT2D eigenvalue weighted by Crippen LogP contribution is -2.47. The highest BCUT2D eigenvalue weighted by molar-refractivity contribution is 5.96. The summed E-state index contributed by atoms with van der Waals surface area (Å²) in [5.74, 6) is -0.398. The van der Waals surface area contributed by atoms with Crippen molar-refractivity contribution >= 4 is 11.6 Å². The molecule has 114 valence electrons. The number of likely N-dealkylation sites (tertiary alicyclic amines) is 1. The largest absolute Gasteiger partial charge is 0.398 e. The van der Waals surface area contributed by atoms with E-state index in [0.29, 0.717) is 37.6 Å². The molecule has 2 heterocycles. The van der Waals surface area contributed by atoms with Gasteiger partial charge in [-0.2, -0.15) is 0 Å². The lowest BCUT2D eigenvalue weighted by molar-refractivity contribution is -0.181. The first-order valence-electron chi connectivity index (χ1n) is 7.45. The Morgan fingerprint density at radius 3 is 2.38 bits per heavy atom. The topological polar surface area (TPSA) is 64.8 Å². The second-order valence-electron chi connectivity index (χ2n) is 5.92. The van der Waals surface area contributed by atoms with Crippen molar-refractivity contribution in [2.45, 2.75) is 32.5 Å². The fourth-order valence-electron chi connectivity index (χ4n) is 3.11. The van der Waals surface area contributed by atoms with Crippen LogP contribution in [0.1, 0.15) is 34.3 Å². The normalized spacial score (nSPS) is 21.0. The average molecular weight is 290 g/mol. The van der Waals surface area contributed by atoms with Crippen LogP contribution in [0.15, 0.2) is 12.1 Å². The van der Waals surface area contributed by atoms with Gasteiger partial charge in [-0.3, -0.25) is 4.79 Å². The molecule has 2 aliphatic rings. The van der Waals surface area contributed by atoms with Crippen molar-refractivity contribution in [1.29, 1.82) is 0 Å². The van der Waals surface area contributed by atoms with Gasteiger partial charge in [-0.25, -0.2) is 0 Å². The first kappa shape index (κ1) is 14.4. The molecule has 5 nitrogen and oxygen atoms in total. The molecular formula is C16H22N2O3. The van der Waals surface area contributed by atoms with Gasteiger partial charge in [-0.15, -0.1) is 0 Å². The third kappa shape index (κ3) is 2.63. The van der Waals surface area contributed by atoms with Gasteiger partial charge in [-0.1, -0.05) is 6.07 Å². The van der Waals surface area contributed by atoms with E-state index in [1.165, 1.54) is 0 Å². The number of anilines is 1. The van der Waals surface area contributed by atoms with E-state index in [9.17, 15) is 4.79 Å². The van der Waals surface area contributed by atoms with E-state index in [-0.39, 0.29) is 5.91 Å². The maximum atomic E-state index is 12.7. The van der Waals surface area contributed by atoms with Crippen molar-refractivity contribution in [2.75, 3.05) is 32.0 Å². The number of hydrogen-bond acceptors (Lipinski definition) is 4. The molecule has 1 aromatic rings. The number of carbonyl (C=O) groups excluding carboxylic acids is 1. The van der Waals surface area contributed by atoms with E-state index in [2.05, 4.69) is 0 Å². The first-order chi connectivity index (χ1) is 10.0. The number of rotatable bonds is 1. The summed E-state index contributed by atoms with van der Waals surface area (Å²) < 4.78 is 11.4. The first-order valence-corrected chi connectivity index (χ1v) is 7.45. The molecule has 0 aromatic heterocycles. The zero-order valence-corrected chi connectivity index (χ0v) is 12.6. The molecule has 0 bridgehead atoms. The number of benzene rings is 1. The zero-order chi connectivity index (χ0) is 15.0. The summed E-state index contributed by atoms with van der Waals surface area (Å²) in [5.41, 5.74) is 9.28. The Labute approximate surface area is 125 Å². The number of nitrogens with zero attached hydrogens (tertiary/aromatic N) is 1. The molecule has 1 aromatic carbocycles. The lowest BCUT2D eigenvalue weighted by atomic mass is 9.99. The number of ether oxygens (including phenoxy) is 2. The second-order valence-corrected chi connectivity index (χ2v) is 5.92. The smallest absolute Gasteiger partial charge is 0.254 e. The Hall–Kier alpha value is -1.59. The summed E-state index contributed by atoms with van der Waals surface area (Å²) in [6.45, 7) is 6.53.